The number of methoxy groups -OCH3 is 1. The van der Waals surface area contributed by atoms with E-state index in [1.54, 1.807) is 13.3 Å². The number of anilines is 1. The van der Waals surface area contributed by atoms with E-state index in [-0.39, 0.29) is 56.7 Å². The number of hydrogen-bond acceptors (Lipinski definition) is 14. The fourth-order valence-electron chi connectivity index (χ4n) is 2.55. The van der Waals surface area contributed by atoms with Gasteiger partial charge < -0.3 is 19.7 Å². The molecule has 0 spiro atoms. The van der Waals surface area contributed by atoms with E-state index in [0.717, 1.165) is 0 Å². The molecule has 1 aromatic heterocycles. The van der Waals surface area contributed by atoms with E-state index in [1.165, 1.54) is 45.9 Å². The Bertz CT molecular complexity index is 1020. The molecule has 1 rings (SSSR count). The zero-order chi connectivity index (χ0) is 37.3. The minimum Gasteiger partial charge on any atom is -0.396 e. The molecule has 12 nitrogen and oxygen atoms in total. The Morgan fingerprint density at radius 3 is 1.62 bits per heavy atom. The Labute approximate surface area is 294 Å². The van der Waals surface area contributed by atoms with Crippen LogP contribution in [-0.2, 0) is 30.4 Å². The van der Waals surface area contributed by atoms with Gasteiger partial charge in [0.1, 0.15) is 0 Å². The van der Waals surface area contributed by atoms with Crippen LogP contribution in [-0.4, -0.2) is 97.2 Å². The van der Waals surface area contributed by atoms with E-state index < -0.39 is 5.69 Å². The molecule has 1 unspecified atom stereocenters. The van der Waals surface area contributed by atoms with Gasteiger partial charge in [-0.1, -0.05) is 111 Å². The van der Waals surface area contributed by atoms with E-state index in [1.807, 2.05) is 81.6 Å². The monoisotopic (exact) mass is 727 g/mol. The molecule has 0 amide bonds. The summed E-state index contributed by atoms with van der Waals surface area (Å²) in [6, 6.07) is 1.50. The number of carbonyl (C=O) groups is 3. The molecule has 0 radical (unpaired) electrons. The van der Waals surface area contributed by atoms with Crippen molar-refractivity contribution in [2.45, 2.75) is 95.2 Å². The van der Waals surface area contributed by atoms with Gasteiger partial charge in [-0.05, 0) is 12.5 Å². The zero-order valence-corrected chi connectivity index (χ0v) is 33.0. The van der Waals surface area contributed by atoms with Crippen LogP contribution in [0, 0.1) is 16.2 Å². The summed E-state index contributed by atoms with van der Waals surface area (Å²) in [6.45, 7) is 22.4. The maximum atomic E-state index is 11.8. The lowest BCUT2D eigenvalue weighted by Crippen LogP contribution is -2.27. The fraction of sp³-hybridized carbons (Fsp3) is 0.781. The van der Waals surface area contributed by atoms with Crippen molar-refractivity contribution in [1.82, 2.24) is 9.55 Å². The second kappa shape index (κ2) is 27.4. The molecular formula is C32H61N3O9S3. The second-order valence-corrected chi connectivity index (χ2v) is 15.9. The predicted octanol–water partition coefficient (Wildman–Crippen LogP) is 5.37. The second-order valence-electron chi connectivity index (χ2n) is 12.7. The van der Waals surface area contributed by atoms with Gasteiger partial charge in [0.15, 0.2) is 21.2 Å². The van der Waals surface area contributed by atoms with Crippen molar-refractivity contribution < 1.29 is 39.3 Å². The molecule has 0 aliphatic carbocycles. The predicted molar refractivity (Wildman–Crippen MR) is 196 cm³/mol. The van der Waals surface area contributed by atoms with E-state index in [4.69, 9.17) is 24.9 Å². The van der Waals surface area contributed by atoms with Gasteiger partial charge in [-0.3, -0.25) is 29.6 Å². The number of ether oxygens (including phenoxy) is 2. The number of hydrogen-bond donors (Lipinski definition) is 4. The van der Waals surface area contributed by atoms with Crippen molar-refractivity contribution in [3.05, 3.63) is 22.7 Å². The highest BCUT2D eigenvalue weighted by Gasteiger charge is 2.22. The van der Waals surface area contributed by atoms with E-state index in [0.29, 0.717) is 43.4 Å². The molecule has 0 fully saturated rings. The molecule has 0 saturated heterocycles. The van der Waals surface area contributed by atoms with Gasteiger partial charge in [-0.25, -0.2) is 4.79 Å². The van der Waals surface area contributed by atoms with Gasteiger partial charge >= 0.3 is 5.69 Å². The first-order valence-electron chi connectivity index (χ1n) is 15.6. The highest BCUT2D eigenvalue weighted by molar-refractivity contribution is 8.14. The molecule has 1 atom stereocenters. The number of aromatic nitrogens is 2. The topological polar surface area (TPSA) is 177 Å². The molecule has 0 aliphatic heterocycles. The lowest BCUT2D eigenvalue weighted by atomic mass is 9.99. The first-order chi connectivity index (χ1) is 21.7. The maximum Gasteiger partial charge on any atom is 0.349 e. The minimum absolute atomic E-state index is 0.0759. The van der Waals surface area contributed by atoms with Crippen molar-refractivity contribution >= 4 is 56.4 Å². The molecule has 1 heterocycles. The van der Waals surface area contributed by atoms with Crippen LogP contribution >= 0.6 is 35.3 Å². The maximum absolute atomic E-state index is 11.8. The van der Waals surface area contributed by atoms with Gasteiger partial charge in [0.25, 0.3) is 0 Å². The van der Waals surface area contributed by atoms with Gasteiger partial charge in [0.05, 0.1) is 32.5 Å². The van der Waals surface area contributed by atoms with Crippen LogP contribution < -0.4 is 11.2 Å². The Morgan fingerprint density at radius 1 is 0.851 bits per heavy atom. The molecule has 47 heavy (non-hydrogen) atoms. The van der Waals surface area contributed by atoms with E-state index >= 15 is 0 Å². The SMILES string of the molecule is CC.CC(C)(C)C(=O)SCCO.CC(C)(C)C(=O)SCCO.COC(CCn1ccc(NO)nc1=O)COCCSC(=O)C(C)(C)C. The first kappa shape index (κ1) is 49.9. The smallest absolute Gasteiger partial charge is 0.349 e. The van der Waals surface area contributed by atoms with Crippen molar-refractivity contribution in [2.75, 3.05) is 56.3 Å². The van der Waals surface area contributed by atoms with Crippen molar-refractivity contribution in [3.63, 3.8) is 0 Å². The number of rotatable bonds is 14. The summed E-state index contributed by atoms with van der Waals surface area (Å²) < 4.78 is 12.3. The molecule has 0 aromatic carbocycles. The van der Waals surface area contributed by atoms with Crippen LogP contribution in [0.5, 0.6) is 0 Å². The normalized spacial score (nSPS) is 11.9. The van der Waals surface area contributed by atoms with Gasteiger partial charge in [-0.2, -0.15) is 4.98 Å². The fourth-order valence-corrected chi connectivity index (χ4v) is 4.79. The summed E-state index contributed by atoms with van der Waals surface area (Å²) >= 11 is 3.66. The Balaban J connectivity index is -0.000000724. The van der Waals surface area contributed by atoms with Crippen LogP contribution in [0.25, 0.3) is 0 Å². The molecule has 0 bridgehead atoms. The number of nitrogens with one attached hydrogen (secondary N) is 1. The lowest BCUT2D eigenvalue weighted by Gasteiger charge is -2.17. The third-order valence-corrected chi connectivity index (χ3v) is 9.03. The Kier molecular flexibility index (Phi) is 29.1. The summed E-state index contributed by atoms with van der Waals surface area (Å²) in [5.74, 6) is 1.73. The van der Waals surface area contributed by atoms with E-state index in [2.05, 4.69) is 4.98 Å². The van der Waals surface area contributed by atoms with Crippen molar-refractivity contribution in [2.24, 2.45) is 16.2 Å². The first-order valence-corrected chi connectivity index (χ1v) is 18.5. The van der Waals surface area contributed by atoms with Crippen LogP contribution in [0.3, 0.4) is 0 Å². The van der Waals surface area contributed by atoms with E-state index in [9.17, 15) is 19.2 Å². The summed E-state index contributed by atoms with van der Waals surface area (Å²) in [5.41, 5.74) is 0.480. The van der Waals surface area contributed by atoms with Crippen LogP contribution in [0.4, 0.5) is 5.82 Å². The lowest BCUT2D eigenvalue weighted by molar-refractivity contribution is -0.118. The number of carbonyl (C=O) groups excluding carboxylic acids is 3. The molecule has 0 saturated carbocycles. The highest BCUT2D eigenvalue weighted by atomic mass is 32.2. The molecule has 4 N–H and O–H groups in total. The quantitative estimate of drug-likeness (QED) is 0.142. The minimum atomic E-state index is -0.452. The number of nitrogens with zero attached hydrogens (tertiary/aromatic N) is 2. The molecular weight excluding hydrogens is 667 g/mol. The zero-order valence-electron chi connectivity index (χ0n) is 30.5. The van der Waals surface area contributed by atoms with Crippen LogP contribution in [0.15, 0.2) is 17.1 Å². The van der Waals surface area contributed by atoms with Gasteiger partial charge in [-0.15, -0.1) is 0 Å². The molecule has 276 valence electrons. The average Bonchev–Trinajstić information content (AvgIpc) is 3.00. The number of aliphatic hydroxyl groups is 2. The van der Waals surface area contributed by atoms with Crippen LogP contribution in [0.2, 0.25) is 0 Å². The molecule has 0 aliphatic rings. The largest absolute Gasteiger partial charge is 0.396 e. The van der Waals surface area contributed by atoms with Crippen molar-refractivity contribution in [3.8, 4) is 0 Å². The van der Waals surface area contributed by atoms with Gasteiger partial charge in [0.2, 0.25) is 0 Å². The molecule has 15 heteroatoms. The summed E-state index contributed by atoms with van der Waals surface area (Å²) in [6.07, 6.45) is 1.97. The third kappa shape index (κ3) is 27.1. The van der Waals surface area contributed by atoms with Crippen LogP contribution in [0.1, 0.15) is 82.6 Å². The Hall–Kier alpha value is -1.46. The van der Waals surface area contributed by atoms with Gasteiger partial charge in [0, 0.05) is 53.4 Å². The number of aliphatic hydroxyl groups excluding tert-OH is 2. The number of thioether (sulfide) groups is 3. The standard InChI is InChI=1S/C16H27N3O5S.2C7H14O2S.C2H6/c1-16(2,3)14(20)25-10-9-24-11-12(23-4)5-7-19-8-6-13(18-22)17-15(19)21;2*1-7(2,3)6(9)10-5-4-8;1-2/h6,8,12,22H,5,7,9-11H2,1-4H3,(H,17,18,21);2*8H,4-5H2,1-3H3;1-2H3. The van der Waals surface area contributed by atoms with Crippen molar-refractivity contribution in [1.29, 1.82) is 0 Å². The highest BCUT2D eigenvalue weighted by Crippen LogP contribution is 2.23. The average molecular weight is 728 g/mol. The Morgan fingerprint density at radius 2 is 1.28 bits per heavy atom. The summed E-state index contributed by atoms with van der Waals surface area (Å²) in [5, 5.41) is 26.0. The third-order valence-electron chi connectivity index (χ3n) is 5.26. The summed E-state index contributed by atoms with van der Waals surface area (Å²) in [4.78, 5) is 49.3. The summed E-state index contributed by atoms with van der Waals surface area (Å²) in [7, 11) is 1.59. The molecule has 1 aromatic rings. The number of aryl methyl sites for hydroxylation is 1.